The summed E-state index contributed by atoms with van der Waals surface area (Å²) in [4.78, 5) is 12.8. The molecule has 0 unspecified atom stereocenters. The molecule has 1 aliphatic carbocycles. The molecule has 2 N–H and O–H groups in total. The normalized spacial score (nSPS) is 19.3. The van der Waals surface area contributed by atoms with E-state index in [1.54, 1.807) is 19.0 Å². The van der Waals surface area contributed by atoms with Gasteiger partial charge in [0.05, 0.1) is 13.2 Å². The van der Waals surface area contributed by atoms with Crippen molar-refractivity contribution in [3.63, 3.8) is 0 Å². The van der Waals surface area contributed by atoms with E-state index in [1.165, 1.54) is 0 Å². The molecular formula is C9H18N2O2. The predicted molar refractivity (Wildman–Crippen MR) is 50.4 cm³/mol. The maximum Gasteiger partial charge on any atom is 0.236 e. The number of nitrogens with one attached hydrogen (secondary N) is 1. The van der Waals surface area contributed by atoms with Crippen LogP contribution in [0, 0.1) is 0 Å². The van der Waals surface area contributed by atoms with Gasteiger partial charge in [-0.2, -0.15) is 0 Å². The number of likely N-dealkylation sites (N-methyl/N-ethyl adjacent to an activating group) is 1. The van der Waals surface area contributed by atoms with Crippen LogP contribution in [0.4, 0.5) is 0 Å². The molecule has 0 aromatic rings. The number of carbonyl (C=O) groups excluding carboxylic acids is 1. The third-order valence-corrected chi connectivity index (χ3v) is 2.73. The average Bonchev–Trinajstić information content (AvgIpc) is 2.02. The van der Waals surface area contributed by atoms with Crippen LogP contribution in [0.15, 0.2) is 0 Å². The molecule has 76 valence electrons. The molecule has 0 radical (unpaired) electrons. The minimum absolute atomic E-state index is 0.0553. The van der Waals surface area contributed by atoms with Crippen LogP contribution in [0.25, 0.3) is 0 Å². The summed E-state index contributed by atoms with van der Waals surface area (Å²) >= 11 is 0. The number of aliphatic hydroxyl groups is 1. The van der Waals surface area contributed by atoms with E-state index in [-0.39, 0.29) is 18.1 Å². The molecule has 1 aliphatic rings. The van der Waals surface area contributed by atoms with Gasteiger partial charge in [0.2, 0.25) is 5.91 Å². The van der Waals surface area contributed by atoms with Gasteiger partial charge in [0.25, 0.3) is 0 Å². The van der Waals surface area contributed by atoms with Gasteiger partial charge in [0.15, 0.2) is 0 Å². The van der Waals surface area contributed by atoms with Crippen molar-refractivity contribution in [2.24, 2.45) is 0 Å². The summed E-state index contributed by atoms with van der Waals surface area (Å²) in [6.07, 6.45) is 3.10. The smallest absolute Gasteiger partial charge is 0.236 e. The molecule has 1 saturated carbocycles. The second kappa shape index (κ2) is 4.07. The summed E-state index contributed by atoms with van der Waals surface area (Å²) in [6.45, 7) is 0.460. The molecule has 0 saturated heterocycles. The first-order valence-electron chi connectivity index (χ1n) is 4.66. The molecule has 0 aromatic carbocycles. The van der Waals surface area contributed by atoms with E-state index in [2.05, 4.69) is 5.32 Å². The maximum absolute atomic E-state index is 11.2. The van der Waals surface area contributed by atoms with E-state index in [4.69, 9.17) is 5.11 Å². The van der Waals surface area contributed by atoms with Gasteiger partial charge in [-0.1, -0.05) is 0 Å². The second-order valence-electron chi connectivity index (χ2n) is 3.93. The van der Waals surface area contributed by atoms with Crippen LogP contribution in [0.5, 0.6) is 0 Å². The van der Waals surface area contributed by atoms with E-state index >= 15 is 0 Å². The lowest BCUT2D eigenvalue weighted by atomic mass is 9.77. The maximum atomic E-state index is 11.2. The summed E-state index contributed by atoms with van der Waals surface area (Å²) in [7, 11) is 3.47. The van der Waals surface area contributed by atoms with Crippen molar-refractivity contribution in [1.29, 1.82) is 0 Å². The molecular weight excluding hydrogens is 168 g/mol. The van der Waals surface area contributed by atoms with Crippen LogP contribution in [-0.2, 0) is 4.79 Å². The zero-order valence-corrected chi connectivity index (χ0v) is 8.34. The SMILES string of the molecule is CN(C)C(=O)CNC1(CO)CCC1. The fraction of sp³-hybridized carbons (Fsp3) is 0.889. The number of aliphatic hydroxyl groups excluding tert-OH is 1. The molecule has 1 amide bonds. The highest BCUT2D eigenvalue weighted by Crippen LogP contribution is 2.30. The third kappa shape index (κ3) is 2.42. The van der Waals surface area contributed by atoms with Crippen LogP contribution >= 0.6 is 0 Å². The first-order chi connectivity index (χ1) is 6.09. The van der Waals surface area contributed by atoms with Crippen molar-refractivity contribution in [3.8, 4) is 0 Å². The highest BCUT2D eigenvalue weighted by Gasteiger charge is 2.36. The van der Waals surface area contributed by atoms with Crippen LogP contribution in [0.1, 0.15) is 19.3 Å². The lowest BCUT2D eigenvalue weighted by Gasteiger charge is -2.41. The molecule has 0 bridgehead atoms. The molecule has 4 nitrogen and oxygen atoms in total. The fourth-order valence-corrected chi connectivity index (χ4v) is 1.42. The second-order valence-corrected chi connectivity index (χ2v) is 3.93. The first-order valence-corrected chi connectivity index (χ1v) is 4.66. The van der Waals surface area contributed by atoms with Crippen LogP contribution in [-0.4, -0.2) is 48.7 Å². The summed E-state index contributed by atoms with van der Waals surface area (Å²) in [5.74, 6) is 0.0553. The molecule has 1 rings (SSSR count). The van der Waals surface area contributed by atoms with Gasteiger partial charge in [-0.3, -0.25) is 4.79 Å². The number of nitrogens with zero attached hydrogens (tertiary/aromatic N) is 1. The third-order valence-electron chi connectivity index (χ3n) is 2.73. The van der Waals surface area contributed by atoms with Crippen LogP contribution in [0.2, 0.25) is 0 Å². The lowest BCUT2D eigenvalue weighted by Crippen LogP contribution is -2.56. The van der Waals surface area contributed by atoms with Gasteiger partial charge < -0.3 is 15.3 Å². The fourth-order valence-electron chi connectivity index (χ4n) is 1.42. The van der Waals surface area contributed by atoms with Gasteiger partial charge in [-0.25, -0.2) is 0 Å². The Kier molecular flexibility index (Phi) is 3.27. The largest absolute Gasteiger partial charge is 0.394 e. The highest BCUT2D eigenvalue weighted by molar-refractivity contribution is 5.77. The molecule has 0 spiro atoms. The zero-order chi connectivity index (χ0) is 9.90. The molecule has 0 aliphatic heterocycles. The molecule has 13 heavy (non-hydrogen) atoms. The molecule has 0 atom stereocenters. The first kappa shape index (κ1) is 10.5. The summed E-state index contributed by atoms with van der Waals surface area (Å²) in [5.41, 5.74) is -0.161. The highest BCUT2D eigenvalue weighted by atomic mass is 16.3. The number of amides is 1. The van der Waals surface area contributed by atoms with Crippen molar-refractivity contribution in [2.75, 3.05) is 27.2 Å². The molecule has 0 aromatic heterocycles. The Hall–Kier alpha value is -0.610. The topological polar surface area (TPSA) is 52.6 Å². The Morgan fingerprint density at radius 1 is 1.54 bits per heavy atom. The van der Waals surface area contributed by atoms with Gasteiger partial charge in [0, 0.05) is 19.6 Å². The van der Waals surface area contributed by atoms with Gasteiger partial charge in [0.1, 0.15) is 0 Å². The number of hydrogen-bond donors (Lipinski definition) is 2. The standard InChI is InChI=1S/C9H18N2O2/c1-11(2)8(13)6-10-9(7-12)4-3-5-9/h10,12H,3-7H2,1-2H3. The number of rotatable bonds is 4. The Labute approximate surface area is 78.9 Å². The average molecular weight is 186 g/mol. The van der Waals surface area contributed by atoms with E-state index in [0.717, 1.165) is 19.3 Å². The van der Waals surface area contributed by atoms with Crippen molar-refractivity contribution < 1.29 is 9.90 Å². The minimum atomic E-state index is -0.161. The van der Waals surface area contributed by atoms with Crippen LogP contribution in [0.3, 0.4) is 0 Å². The number of hydrogen-bond acceptors (Lipinski definition) is 3. The van der Waals surface area contributed by atoms with Gasteiger partial charge in [-0.05, 0) is 19.3 Å². The molecule has 0 heterocycles. The quantitative estimate of drug-likeness (QED) is 0.627. The lowest BCUT2D eigenvalue weighted by molar-refractivity contribution is -0.128. The monoisotopic (exact) mass is 186 g/mol. The Bertz CT molecular complexity index is 183. The summed E-state index contributed by atoms with van der Waals surface area (Å²) in [5, 5.41) is 12.2. The minimum Gasteiger partial charge on any atom is -0.394 e. The van der Waals surface area contributed by atoms with E-state index in [1.807, 2.05) is 0 Å². The van der Waals surface area contributed by atoms with Crippen LogP contribution < -0.4 is 5.32 Å². The van der Waals surface area contributed by atoms with E-state index in [9.17, 15) is 4.79 Å². The number of carbonyl (C=O) groups is 1. The van der Waals surface area contributed by atoms with Gasteiger partial charge in [-0.15, -0.1) is 0 Å². The van der Waals surface area contributed by atoms with E-state index < -0.39 is 0 Å². The summed E-state index contributed by atoms with van der Waals surface area (Å²) < 4.78 is 0. The van der Waals surface area contributed by atoms with E-state index in [0.29, 0.717) is 6.54 Å². The molecule has 1 fully saturated rings. The van der Waals surface area contributed by atoms with Crippen molar-refractivity contribution in [2.45, 2.75) is 24.8 Å². The van der Waals surface area contributed by atoms with Gasteiger partial charge >= 0.3 is 0 Å². The predicted octanol–water partition coefficient (Wildman–Crippen LogP) is -0.421. The van der Waals surface area contributed by atoms with Crippen molar-refractivity contribution >= 4 is 5.91 Å². The van der Waals surface area contributed by atoms with Crippen molar-refractivity contribution in [3.05, 3.63) is 0 Å². The Morgan fingerprint density at radius 2 is 2.15 bits per heavy atom. The summed E-state index contributed by atoms with van der Waals surface area (Å²) in [6, 6.07) is 0. The zero-order valence-electron chi connectivity index (χ0n) is 8.34. The van der Waals surface area contributed by atoms with Crippen molar-refractivity contribution in [1.82, 2.24) is 10.2 Å². The Morgan fingerprint density at radius 3 is 2.46 bits per heavy atom. The molecule has 4 heteroatoms. The Balaban J connectivity index is 2.28.